The molecule has 0 unspecified atom stereocenters. The van der Waals surface area contributed by atoms with Gasteiger partial charge < -0.3 is 9.64 Å². The van der Waals surface area contributed by atoms with E-state index in [4.69, 9.17) is 10.00 Å². The van der Waals surface area contributed by atoms with Crippen molar-refractivity contribution in [3.8, 4) is 11.8 Å². The van der Waals surface area contributed by atoms with E-state index in [0.29, 0.717) is 18.0 Å². The monoisotopic (exact) mass is 401 g/mol. The molecule has 1 atom stereocenters. The number of anilines is 1. The van der Waals surface area contributed by atoms with E-state index in [2.05, 4.69) is 36.1 Å². The molecule has 5 nitrogen and oxygen atoms in total. The fourth-order valence-corrected chi connectivity index (χ4v) is 5.22. The summed E-state index contributed by atoms with van der Waals surface area (Å²) in [5, 5.41) is 9.00. The van der Waals surface area contributed by atoms with Gasteiger partial charge in [-0.25, -0.2) is 0 Å². The Hall–Kier alpha value is -2.84. The smallest absolute Gasteiger partial charge is 0.227 e. The standard InChI is InChI=1S/C25H27N3O2/c1-18(21-5-4-20-8-13-30-23(20)14-21)27-11-9-25(10-12-27)15-24(29)28(17-25)22-6-2-19(16-26)3-7-22/h2-7,14,18H,8-13,15,17H2,1H3/t18-/m1/s1. The first-order chi connectivity index (χ1) is 14.6. The molecule has 2 aromatic rings. The molecule has 5 rings (SSSR count). The van der Waals surface area contributed by atoms with Crippen molar-refractivity contribution in [2.75, 3.05) is 31.1 Å². The Morgan fingerprint density at radius 1 is 1.13 bits per heavy atom. The Kier molecular flexibility index (Phi) is 4.75. The summed E-state index contributed by atoms with van der Waals surface area (Å²) in [7, 11) is 0. The first-order valence-corrected chi connectivity index (χ1v) is 10.9. The number of nitrogens with zero attached hydrogens (tertiary/aromatic N) is 3. The maximum Gasteiger partial charge on any atom is 0.227 e. The number of ether oxygens (including phenoxy) is 1. The molecule has 0 radical (unpaired) electrons. The minimum atomic E-state index is 0.0717. The highest BCUT2D eigenvalue weighted by Crippen LogP contribution is 2.44. The van der Waals surface area contributed by atoms with Crippen LogP contribution in [0, 0.1) is 16.7 Å². The van der Waals surface area contributed by atoms with Gasteiger partial charge in [-0.15, -0.1) is 0 Å². The number of carbonyl (C=O) groups is 1. The maximum absolute atomic E-state index is 12.8. The Morgan fingerprint density at radius 2 is 1.90 bits per heavy atom. The van der Waals surface area contributed by atoms with Crippen molar-refractivity contribution in [2.24, 2.45) is 5.41 Å². The predicted octanol–water partition coefficient (Wildman–Crippen LogP) is 4.07. The van der Waals surface area contributed by atoms with E-state index in [0.717, 1.165) is 56.9 Å². The Balaban J connectivity index is 1.25. The van der Waals surface area contributed by atoms with Crippen molar-refractivity contribution in [2.45, 2.75) is 38.6 Å². The van der Waals surface area contributed by atoms with Gasteiger partial charge in [0.1, 0.15) is 5.75 Å². The molecule has 3 aliphatic rings. The molecule has 0 N–H and O–H groups in total. The van der Waals surface area contributed by atoms with E-state index in [1.54, 1.807) is 12.1 Å². The molecule has 0 bridgehead atoms. The molecule has 154 valence electrons. The lowest BCUT2D eigenvalue weighted by atomic mass is 9.77. The number of benzene rings is 2. The highest BCUT2D eigenvalue weighted by molar-refractivity contribution is 5.96. The molecule has 30 heavy (non-hydrogen) atoms. The number of hydrogen-bond acceptors (Lipinski definition) is 4. The normalized spacial score (nSPS) is 21.3. The van der Waals surface area contributed by atoms with Crippen LogP contribution in [0.25, 0.3) is 0 Å². The molecule has 0 saturated carbocycles. The lowest BCUT2D eigenvalue weighted by Crippen LogP contribution is -2.42. The Morgan fingerprint density at radius 3 is 2.63 bits per heavy atom. The molecule has 2 aromatic carbocycles. The van der Waals surface area contributed by atoms with Crippen LogP contribution in [0.4, 0.5) is 5.69 Å². The van der Waals surface area contributed by atoms with Gasteiger partial charge in [-0.05, 0) is 79.7 Å². The Labute approximate surface area is 177 Å². The van der Waals surface area contributed by atoms with Crippen molar-refractivity contribution in [3.63, 3.8) is 0 Å². The van der Waals surface area contributed by atoms with Crippen LogP contribution in [-0.2, 0) is 11.2 Å². The number of nitriles is 1. The van der Waals surface area contributed by atoms with E-state index in [1.165, 1.54) is 11.1 Å². The Bertz CT molecular complexity index is 1000. The third kappa shape index (κ3) is 3.36. The summed E-state index contributed by atoms with van der Waals surface area (Å²) in [6, 6.07) is 16.5. The second-order valence-electron chi connectivity index (χ2n) is 8.99. The zero-order valence-electron chi connectivity index (χ0n) is 17.4. The first-order valence-electron chi connectivity index (χ1n) is 10.9. The molecule has 1 amide bonds. The summed E-state index contributed by atoms with van der Waals surface area (Å²) in [5.41, 5.74) is 4.23. The molecular formula is C25H27N3O2. The lowest BCUT2D eigenvalue weighted by Gasteiger charge is -2.41. The van der Waals surface area contributed by atoms with Gasteiger partial charge in [0.05, 0.1) is 18.2 Å². The van der Waals surface area contributed by atoms with Gasteiger partial charge in [0, 0.05) is 31.1 Å². The minimum Gasteiger partial charge on any atom is -0.493 e. The second-order valence-corrected chi connectivity index (χ2v) is 8.99. The average molecular weight is 402 g/mol. The quantitative estimate of drug-likeness (QED) is 0.778. The summed E-state index contributed by atoms with van der Waals surface area (Å²) >= 11 is 0. The molecule has 5 heteroatoms. The molecule has 2 fully saturated rings. The van der Waals surface area contributed by atoms with Gasteiger partial charge in [0.2, 0.25) is 5.91 Å². The highest BCUT2D eigenvalue weighted by Gasteiger charge is 2.45. The van der Waals surface area contributed by atoms with Gasteiger partial charge in [0.25, 0.3) is 0 Å². The largest absolute Gasteiger partial charge is 0.493 e. The summed E-state index contributed by atoms with van der Waals surface area (Å²) in [6.07, 6.45) is 3.72. The third-order valence-corrected chi connectivity index (χ3v) is 7.24. The SMILES string of the molecule is C[C@H](c1ccc2c(c1)OCC2)N1CCC2(CC1)CC(=O)N(c1ccc(C#N)cc1)C2. The maximum atomic E-state index is 12.8. The second kappa shape index (κ2) is 7.45. The zero-order chi connectivity index (χ0) is 20.7. The van der Waals surface area contributed by atoms with Crippen LogP contribution in [0.5, 0.6) is 5.75 Å². The number of rotatable bonds is 3. The van der Waals surface area contributed by atoms with Crippen molar-refractivity contribution in [1.29, 1.82) is 5.26 Å². The van der Waals surface area contributed by atoms with Gasteiger partial charge >= 0.3 is 0 Å². The minimum absolute atomic E-state index is 0.0717. The van der Waals surface area contributed by atoms with Gasteiger partial charge in [-0.1, -0.05) is 12.1 Å². The van der Waals surface area contributed by atoms with E-state index >= 15 is 0 Å². The molecular weight excluding hydrogens is 374 g/mol. The van der Waals surface area contributed by atoms with Crippen LogP contribution >= 0.6 is 0 Å². The van der Waals surface area contributed by atoms with Crippen LogP contribution in [0.3, 0.4) is 0 Å². The number of fused-ring (bicyclic) bond motifs is 1. The summed E-state index contributed by atoms with van der Waals surface area (Å²) in [4.78, 5) is 17.2. The summed E-state index contributed by atoms with van der Waals surface area (Å²) in [6.45, 7) is 5.87. The number of likely N-dealkylation sites (tertiary alicyclic amines) is 1. The number of hydrogen-bond donors (Lipinski definition) is 0. The van der Waals surface area contributed by atoms with E-state index < -0.39 is 0 Å². The number of piperidine rings is 1. The molecule has 1 spiro atoms. The lowest BCUT2D eigenvalue weighted by molar-refractivity contribution is -0.118. The topological polar surface area (TPSA) is 56.6 Å². The van der Waals surface area contributed by atoms with Gasteiger partial charge in [-0.3, -0.25) is 9.69 Å². The molecule has 2 saturated heterocycles. The number of amides is 1. The first kappa shape index (κ1) is 19.1. The van der Waals surface area contributed by atoms with Crippen LogP contribution in [0.1, 0.15) is 48.9 Å². The van der Waals surface area contributed by atoms with E-state index in [1.807, 2.05) is 17.0 Å². The third-order valence-electron chi connectivity index (χ3n) is 7.24. The zero-order valence-corrected chi connectivity index (χ0v) is 17.4. The van der Waals surface area contributed by atoms with Crippen molar-refractivity contribution in [3.05, 3.63) is 59.2 Å². The summed E-state index contributed by atoms with van der Waals surface area (Å²) in [5.74, 6) is 1.25. The van der Waals surface area contributed by atoms with Crippen LogP contribution in [-0.4, -0.2) is 37.0 Å². The van der Waals surface area contributed by atoms with Crippen LogP contribution < -0.4 is 9.64 Å². The number of carbonyl (C=O) groups excluding carboxylic acids is 1. The highest BCUT2D eigenvalue weighted by atomic mass is 16.5. The fourth-order valence-electron chi connectivity index (χ4n) is 5.22. The van der Waals surface area contributed by atoms with Crippen molar-refractivity contribution >= 4 is 11.6 Å². The summed E-state index contributed by atoms with van der Waals surface area (Å²) < 4.78 is 5.75. The van der Waals surface area contributed by atoms with Crippen LogP contribution in [0.15, 0.2) is 42.5 Å². The average Bonchev–Trinajstić information content (AvgIpc) is 3.37. The van der Waals surface area contributed by atoms with E-state index in [-0.39, 0.29) is 11.3 Å². The molecule has 0 aromatic heterocycles. The van der Waals surface area contributed by atoms with Crippen LogP contribution in [0.2, 0.25) is 0 Å². The van der Waals surface area contributed by atoms with Crippen molar-refractivity contribution < 1.29 is 9.53 Å². The molecule has 3 aliphatic heterocycles. The van der Waals surface area contributed by atoms with Gasteiger partial charge in [0.15, 0.2) is 0 Å². The molecule has 3 heterocycles. The predicted molar refractivity (Wildman–Crippen MR) is 115 cm³/mol. The van der Waals surface area contributed by atoms with Crippen molar-refractivity contribution in [1.82, 2.24) is 4.90 Å². The molecule has 0 aliphatic carbocycles. The fraction of sp³-hybridized carbons (Fsp3) is 0.440. The van der Waals surface area contributed by atoms with E-state index in [9.17, 15) is 4.79 Å². The van der Waals surface area contributed by atoms with Gasteiger partial charge in [-0.2, -0.15) is 5.26 Å².